The molecule has 5 nitrogen and oxygen atoms in total. The maximum atomic E-state index is 13.1. The number of para-hydroxylation sites is 1. The van der Waals surface area contributed by atoms with Crippen molar-refractivity contribution in [2.45, 2.75) is 19.9 Å². The first-order valence-corrected chi connectivity index (χ1v) is 9.61. The number of fused-ring (bicyclic) bond motifs is 2. The normalized spacial score (nSPS) is 17.6. The van der Waals surface area contributed by atoms with Crippen LogP contribution in [0, 0.1) is 5.92 Å². The topological polar surface area (TPSA) is 48.0 Å². The molecule has 2 heterocycles. The third-order valence-corrected chi connectivity index (χ3v) is 5.22. The summed E-state index contributed by atoms with van der Waals surface area (Å²) in [6.45, 7) is 4.55. The highest BCUT2D eigenvalue weighted by Gasteiger charge is 2.30. The number of amides is 1. The highest BCUT2D eigenvalue weighted by atomic mass is 35.5. The zero-order valence-electron chi connectivity index (χ0n) is 15.2. The van der Waals surface area contributed by atoms with E-state index in [1.165, 1.54) is 0 Å². The Morgan fingerprint density at radius 2 is 2.00 bits per heavy atom. The highest BCUT2D eigenvalue weighted by Crippen LogP contribution is 2.35. The van der Waals surface area contributed by atoms with E-state index in [2.05, 4.69) is 0 Å². The van der Waals surface area contributed by atoms with Gasteiger partial charge in [0.2, 0.25) is 5.91 Å². The molecule has 0 aliphatic carbocycles. The van der Waals surface area contributed by atoms with Crippen LogP contribution in [0.25, 0.3) is 0 Å². The molecule has 2 aromatic carbocycles. The van der Waals surface area contributed by atoms with Gasteiger partial charge in [-0.05, 0) is 43.2 Å². The molecular weight excluding hydrogens is 366 g/mol. The maximum absolute atomic E-state index is 13.1. The second-order valence-electron chi connectivity index (χ2n) is 6.76. The molecular formula is C21H22ClNO4. The fourth-order valence-corrected chi connectivity index (χ4v) is 3.78. The van der Waals surface area contributed by atoms with E-state index in [1.807, 2.05) is 48.2 Å². The number of ether oxygens (including phenoxy) is 3. The van der Waals surface area contributed by atoms with E-state index in [4.69, 9.17) is 25.8 Å². The van der Waals surface area contributed by atoms with Crippen molar-refractivity contribution >= 4 is 17.5 Å². The number of benzene rings is 2. The standard InChI is InChI=1S/C21H22ClNO4/c1-2-23(12-14-4-3-5-19-20(14)26-9-8-25-19)21(24)16-10-15-11-17(22)6-7-18(15)27-13-16/h3-7,11,16H,2,8-10,12-13H2,1H3. The van der Waals surface area contributed by atoms with Crippen LogP contribution in [0.1, 0.15) is 18.1 Å². The van der Waals surface area contributed by atoms with Gasteiger partial charge in [0.15, 0.2) is 11.5 Å². The molecule has 142 valence electrons. The van der Waals surface area contributed by atoms with Crippen LogP contribution in [-0.2, 0) is 17.8 Å². The van der Waals surface area contributed by atoms with Crippen molar-refractivity contribution in [3.05, 3.63) is 52.5 Å². The third-order valence-electron chi connectivity index (χ3n) is 4.98. The van der Waals surface area contributed by atoms with Gasteiger partial charge in [-0.2, -0.15) is 0 Å². The molecule has 0 bridgehead atoms. The zero-order chi connectivity index (χ0) is 18.8. The molecule has 27 heavy (non-hydrogen) atoms. The zero-order valence-corrected chi connectivity index (χ0v) is 16.0. The van der Waals surface area contributed by atoms with Crippen molar-refractivity contribution in [3.8, 4) is 17.2 Å². The molecule has 6 heteroatoms. The molecule has 1 atom stereocenters. The molecule has 0 spiro atoms. The molecule has 2 aromatic rings. The first-order valence-electron chi connectivity index (χ1n) is 9.23. The van der Waals surface area contributed by atoms with Gasteiger partial charge in [-0.15, -0.1) is 0 Å². The minimum absolute atomic E-state index is 0.0810. The average Bonchev–Trinajstić information content (AvgIpc) is 2.71. The average molecular weight is 388 g/mol. The Morgan fingerprint density at radius 3 is 2.85 bits per heavy atom. The number of nitrogens with zero attached hydrogens (tertiary/aromatic N) is 1. The molecule has 2 aliphatic rings. The van der Waals surface area contributed by atoms with Gasteiger partial charge in [-0.1, -0.05) is 23.7 Å². The second-order valence-corrected chi connectivity index (χ2v) is 7.19. The summed E-state index contributed by atoms with van der Waals surface area (Å²) in [6.07, 6.45) is 0.637. The summed E-state index contributed by atoms with van der Waals surface area (Å²) in [4.78, 5) is 15.0. The predicted molar refractivity (Wildman–Crippen MR) is 103 cm³/mol. The molecule has 0 saturated carbocycles. The number of carbonyl (C=O) groups is 1. The van der Waals surface area contributed by atoms with Crippen LogP contribution >= 0.6 is 11.6 Å². The summed E-state index contributed by atoms with van der Waals surface area (Å²) in [5.41, 5.74) is 1.94. The fourth-order valence-electron chi connectivity index (χ4n) is 3.59. The van der Waals surface area contributed by atoms with Crippen molar-refractivity contribution in [2.75, 3.05) is 26.4 Å². The largest absolute Gasteiger partial charge is 0.492 e. The summed E-state index contributed by atoms with van der Waals surface area (Å²) < 4.78 is 17.2. The summed E-state index contributed by atoms with van der Waals surface area (Å²) in [6, 6.07) is 11.4. The monoisotopic (exact) mass is 387 g/mol. The molecule has 0 saturated heterocycles. The van der Waals surface area contributed by atoms with Gasteiger partial charge in [0.05, 0.1) is 5.92 Å². The molecule has 0 N–H and O–H groups in total. The van der Waals surface area contributed by atoms with Crippen LogP contribution in [0.5, 0.6) is 17.2 Å². The number of hydrogen-bond acceptors (Lipinski definition) is 4. The van der Waals surface area contributed by atoms with E-state index in [-0.39, 0.29) is 11.8 Å². The first-order chi connectivity index (χ1) is 13.2. The van der Waals surface area contributed by atoms with Gasteiger partial charge in [0.1, 0.15) is 25.6 Å². The van der Waals surface area contributed by atoms with E-state index in [1.54, 1.807) is 0 Å². The van der Waals surface area contributed by atoms with E-state index < -0.39 is 0 Å². The predicted octanol–water partition coefficient (Wildman–Crippen LogP) is 3.71. The van der Waals surface area contributed by atoms with E-state index in [0.29, 0.717) is 44.4 Å². The van der Waals surface area contributed by atoms with Crippen LogP contribution in [-0.4, -0.2) is 37.2 Å². The van der Waals surface area contributed by atoms with E-state index in [9.17, 15) is 4.79 Å². The summed E-state index contributed by atoms with van der Waals surface area (Å²) in [7, 11) is 0. The summed E-state index contributed by atoms with van der Waals surface area (Å²) in [5.74, 6) is 2.16. The smallest absolute Gasteiger partial charge is 0.229 e. The summed E-state index contributed by atoms with van der Waals surface area (Å²) in [5, 5.41) is 0.658. The van der Waals surface area contributed by atoms with E-state index >= 15 is 0 Å². The SMILES string of the molecule is CCN(Cc1cccc2c1OCCO2)C(=O)C1COc2ccc(Cl)cc2C1. The molecule has 4 rings (SSSR count). The van der Waals surface area contributed by atoms with Gasteiger partial charge >= 0.3 is 0 Å². The number of halogens is 1. The third kappa shape index (κ3) is 3.69. The van der Waals surface area contributed by atoms with Crippen molar-refractivity contribution in [3.63, 3.8) is 0 Å². The van der Waals surface area contributed by atoms with Crippen LogP contribution in [0.4, 0.5) is 0 Å². The van der Waals surface area contributed by atoms with Gasteiger partial charge < -0.3 is 19.1 Å². The minimum Gasteiger partial charge on any atom is -0.492 e. The Kier molecular flexibility index (Phi) is 5.12. The quantitative estimate of drug-likeness (QED) is 0.802. The molecule has 0 radical (unpaired) electrons. The van der Waals surface area contributed by atoms with Crippen LogP contribution in [0.15, 0.2) is 36.4 Å². The second kappa shape index (κ2) is 7.69. The maximum Gasteiger partial charge on any atom is 0.229 e. The van der Waals surface area contributed by atoms with Crippen molar-refractivity contribution in [1.29, 1.82) is 0 Å². The lowest BCUT2D eigenvalue weighted by Crippen LogP contribution is -2.40. The lowest BCUT2D eigenvalue weighted by molar-refractivity contribution is -0.137. The molecule has 2 aliphatic heterocycles. The minimum atomic E-state index is -0.215. The number of hydrogen-bond donors (Lipinski definition) is 0. The Hall–Kier alpha value is -2.40. The Morgan fingerprint density at radius 1 is 1.15 bits per heavy atom. The Labute approximate surface area is 163 Å². The van der Waals surface area contributed by atoms with Gasteiger partial charge in [-0.25, -0.2) is 0 Å². The van der Waals surface area contributed by atoms with Crippen molar-refractivity contribution in [1.82, 2.24) is 4.90 Å². The van der Waals surface area contributed by atoms with Crippen LogP contribution in [0.2, 0.25) is 5.02 Å². The highest BCUT2D eigenvalue weighted by molar-refractivity contribution is 6.30. The lowest BCUT2D eigenvalue weighted by atomic mass is 9.95. The number of carbonyl (C=O) groups excluding carboxylic acids is 1. The summed E-state index contributed by atoms with van der Waals surface area (Å²) >= 11 is 6.09. The van der Waals surface area contributed by atoms with Crippen molar-refractivity contribution < 1.29 is 19.0 Å². The Bertz CT molecular complexity index is 854. The van der Waals surface area contributed by atoms with Crippen LogP contribution in [0.3, 0.4) is 0 Å². The van der Waals surface area contributed by atoms with Crippen LogP contribution < -0.4 is 14.2 Å². The molecule has 1 unspecified atom stereocenters. The van der Waals surface area contributed by atoms with Gasteiger partial charge in [0, 0.05) is 23.7 Å². The molecule has 0 fully saturated rings. The fraction of sp³-hybridized carbons (Fsp3) is 0.381. The van der Waals surface area contributed by atoms with Gasteiger partial charge in [-0.3, -0.25) is 4.79 Å². The van der Waals surface area contributed by atoms with E-state index in [0.717, 1.165) is 28.4 Å². The molecule has 0 aromatic heterocycles. The van der Waals surface area contributed by atoms with Crippen molar-refractivity contribution in [2.24, 2.45) is 5.92 Å². The lowest BCUT2D eigenvalue weighted by Gasteiger charge is -2.31. The Balaban J connectivity index is 1.51. The molecule has 1 amide bonds. The number of rotatable bonds is 4. The first kappa shape index (κ1) is 18.0. The van der Waals surface area contributed by atoms with Gasteiger partial charge in [0.25, 0.3) is 0 Å².